The Kier molecular flexibility index (Phi) is 5.21. The number of ether oxygens (including phenoxy) is 2. The van der Waals surface area contributed by atoms with Crippen LogP contribution in [0.4, 0.5) is 0 Å². The van der Waals surface area contributed by atoms with E-state index in [1.807, 2.05) is 30.3 Å². The van der Waals surface area contributed by atoms with E-state index in [4.69, 9.17) is 33.3 Å². The molecule has 0 unspecified atom stereocenters. The minimum atomic E-state index is -0.257. The molecule has 25 heavy (non-hydrogen) atoms. The summed E-state index contributed by atoms with van der Waals surface area (Å²) in [5.41, 5.74) is 2.18. The maximum atomic E-state index is 11.7. The molecule has 1 fully saturated rings. The molecule has 1 aliphatic rings. The van der Waals surface area contributed by atoms with Crippen LogP contribution in [0, 0.1) is 0 Å². The number of carbonyl (C=O) groups excluding carboxylic acids is 1. The second kappa shape index (κ2) is 7.55. The van der Waals surface area contributed by atoms with E-state index in [2.05, 4.69) is 10.6 Å². The van der Waals surface area contributed by atoms with Gasteiger partial charge in [-0.25, -0.2) is 0 Å². The topological polar surface area (TPSA) is 59.6 Å². The Morgan fingerprint density at radius 1 is 1.12 bits per heavy atom. The number of methoxy groups -OCH3 is 1. The smallest absolute Gasteiger partial charge is 0.273 e. The van der Waals surface area contributed by atoms with Gasteiger partial charge in [-0.15, -0.1) is 0 Å². The van der Waals surface area contributed by atoms with Crippen molar-refractivity contribution in [3.05, 3.63) is 64.3 Å². The minimum absolute atomic E-state index is 0.257. The molecule has 0 radical (unpaired) electrons. The molecule has 1 heterocycles. The highest BCUT2D eigenvalue weighted by Crippen LogP contribution is 2.29. The van der Waals surface area contributed by atoms with Crippen LogP contribution in [0.2, 0.25) is 5.02 Å². The van der Waals surface area contributed by atoms with Crippen LogP contribution in [0.25, 0.3) is 6.08 Å². The summed E-state index contributed by atoms with van der Waals surface area (Å²) in [6, 6.07) is 12.9. The van der Waals surface area contributed by atoms with E-state index >= 15 is 0 Å². The van der Waals surface area contributed by atoms with Gasteiger partial charge in [-0.05, 0) is 53.7 Å². The van der Waals surface area contributed by atoms with Gasteiger partial charge in [-0.3, -0.25) is 10.1 Å². The van der Waals surface area contributed by atoms with Crippen LogP contribution >= 0.6 is 23.8 Å². The molecular formula is C18H15ClN2O3S. The highest BCUT2D eigenvalue weighted by Gasteiger charge is 2.20. The van der Waals surface area contributed by atoms with Crippen LogP contribution < -0.4 is 20.1 Å². The molecule has 1 aliphatic heterocycles. The number of thiocarbonyl (C=S) groups is 1. The lowest BCUT2D eigenvalue weighted by Gasteiger charge is -2.11. The minimum Gasteiger partial charge on any atom is -0.493 e. The molecule has 2 aromatic carbocycles. The van der Waals surface area contributed by atoms with Crippen LogP contribution in [0.3, 0.4) is 0 Å². The fraction of sp³-hybridized carbons (Fsp3) is 0.111. The Labute approximate surface area is 155 Å². The summed E-state index contributed by atoms with van der Waals surface area (Å²) in [5.74, 6) is 0.926. The summed E-state index contributed by atoms with van der Waals surface area (Å²) >= 11 is 10.8. The Morgan fingerprint density at radius 2 is 1.88 bits per heavy atom. The van der Waals surface area contributed by atoms with Crippen molar-refractivity contribution in [3.63, 3.8) is 0 Å². The van der Waals surface area contributed by atoms with E-state index in [1.165, 1.54) is 0 Å². The summed E-state index contributed by atoms with van der Waals surface area (Å²) in [7, 11) is 1.57. The van der Waals surface area contributed by atoms with Crippen molar-refractivity contribution in [3.8, 4) is 11.5 Å². The normalized spacial score (nSPS) is 15.0. The first kappa shape index (κ1) is 17.3. The molecule has 0 spiro atoms. The number of nitrogens with one attached hydrogen (secondary N) is 2. The van der Waals surface area contributed by atoms with Gasteiger partial charge in [0, 0.05) is 5.02 Å². The highest BCUT2D eigenvalue weighted by atomic mass is 35.5. The van der Waals surface area contributed by atoms with E-state index in [0.717, 1.165) is 11.1 Å². The van der Waals surface area contributed by atoms with Crippen molar-refractivity contribution in [1.82, 2.24) is 10.6 Å². The van der Waals surface area contributed by atoms with Gasteiger partial charge in [0.1, 0.15) is 12.3 Å². The molecule has 3 rings (SSSR count). The van der Waals surface area contributed by atoms with E-state index in [0.29, 0.717) is 33.9 Å². The molecule has 2 N–H and O–H groups in total. The largest absolute Gasteiger partial charge is 0.493 e. The molecule has 0 aliphatic carbocycles. The molecule has 0 saturated carbocycles. The first-order valence-electron chi connectivity index (χ1n) is 7.44. The lowest BCUT2D eigenvalue weighted by molar-refractivity contribution is -0.115. The van der Waals surface area contributed by atoms with Crippen molar-refractivity contribution in [2.75, 3.05) is 7.11 Å². The molecule has 7 heteroatoms. The third kappa shape index (κ3) is 4.29. The molecule has 0 bridgehead atoms. The molecule has 1 saturated heterocycles. The summed E-state index contributed by atoms with van der Waals surface area (Å²) in [5, 5.41) is 6.30. The van der Waals surface area contributed by atoms with E-state index in [-0.39, 0.29) is 5.91 Å². The first-order chi connectivity index (χ1) is 12.0. The van der Waals surface area contributed by atoms with Gasteiger partial charge in [0.2, 0.25) is 0 Å². The summed E-state index contributed by atoms with van der Waals surface area (Å²) in [4.78, 5) is 11.7. The van der Waals surface area contributed by atoms with Crippen LogP contribution in [-0.2, 0) is 11.4 Å². The van der Waals surface area contributed by atoms with Gasteiger partial charge in [-0.1, -0.05) is 29.8 Å². The quantitative estimate of drug-likeness (QED) is 0.621. The first-order valence-corrected chi connectivity index (χ1v) is 8.23. The van der Waals surface area contributed by atoms with Crippen molar-refractivity contribution < 1.29 is 14.3 Å². The molecule has 5 nitrogen and oxygen atoms in total. The van der Waals surface area contributed by atoms with Gasteiger partial charge >= 0.3 is 0 Å². The van der Waals surface area contributed by atoms with Crippen molar-refractivity contribution >= 4 is 40.9 Å². The number of amides is 1. The summed E-state index contributed by atoms with van der Waals surface area (Å²) in [6.07, 6.45) is 1.69. The van der Waals surface area contributed by atoms with Crippen LogP contribution in [0.5, 0.6) is 11.5 Å². The van der Waals surface area contributed by atoms with Crippen LogP contribution in [0.1, 0.15) is 11.1 Å². The SMILES string of the molecule is COc1cc(/C=C2\NC(=S)NC2=O)ccc1OCc1ccc(Cl)cc1. The van der Waals surface area contributed by atoms with Crippen molar-refractivity contribution in [1.29, 1.82) is 0 Å². The van der Waals surface area contributed by atoms with Gasteiger partial charge in [0.15, 0.2) is 16.6 Å². The number of hydrogen-bond donors (Lipinski definition) is 2. The second-order valence-corrected chi connectivity index (χ2v) is 6.14. The number of hydrogen-bond acceptors (Lipinski definition) is 4. The molecule has 0 aromatic heterocycles. The lowest BCUT2D eigenvalue weighted by atomic mass is 10.1. The Hall–Kier alpha value is -2.57. The predicted octanol–water partition coefficient (Wildman–Crippen LogP) is 3.27. The van der Waals surface area contributed by atoms with Gasteiger partial charge in [0.25, 0.3) is 5.91 Å². The van der Waals surface area contributed by atoms with Gasteiger partial charge in [-0.2, -0.15) is 0 Å². The average molecular weight is 375 g/mol. The van der Waals surface area contributed by atoms with Crippen molar-refractivity contribution in [2.24, 2.45) is 0 Å². The van der Waals surface area contributed by atoms with Crippen molar-refractivity contribution in [2.45, 2.75) is 6.61 Å². The van der Waals surface area contributed by atoms with E-state index in [9.17, 15) is 4.79 Å². The lowest BCUT2D eigenvalue weighted by Crippen LogP contribution is -2.21. The number of benzene rings is 2. The van der Waals surface area contributed by atoms with Crippen LogP contribution in [-0.4, -0.2) is 18.1 Å². The number of carbonyl (C=O) groups is 1. The Bertz CT molecular complexity index is 850. The maximum Gasteiger partial charge on any atom is 0.273 e. The second-order valence-electron chi connectivity index (χ2n) is 5.29. The third-order valence-electron chi connectivity index (χ3n) is 3.53. The number of halogens is 1. The van der Waals surface area contributed by atoms with Gasteiger partial charge < -0.3 is 14.8 Å². The molecule has 128 valence electrons. The zero-order valence-electron chi connectivity index (χ0n) is 13.3. The zero-order valence-corrected chi connectivity index (χ0v) is 14.9. The molecule has 2 aromatic rings. The molecule has 0 atom stereocenters. The predicted molar refractivity (Wildman–Crippen MR) is 101 cm³/mol. The summed E-state index contributed by atoms with van der Waals surface area (Å²) in [6.45, 7) is 0.395. The van der Waals surface area contributed by atoms with E-state index in [1.54, 1.807) is 25.3 Å². The standard InChI is InChI=1S/C18H15ClN2O3S/c1-23-16-9-12(8-14-17(22)21-18(25)20-14)4-7-15(16)24-10-11-2-5-13(19)6-3-11/h2-9H,10H2,1H3,(H2,20,21,22,25)/b14-8-. The average Bonchev–Trinajstić information content (AvgIpc) is 2.92. The van der Waals surface area contributed by atoms with Crippen LogP contribution in [0.15, 0.2) is 48.2 Å². The number of rotatable bonds is 5. The zero-order chi connectivity index (χ0) is 17.8. The molecule has 1 amide bonds. The fourth-order valence-corrected chi connectivity index (χ4v) is 2.61. The highest BCUT2D eigenvalue weighted by molar-refractivity contribution is 7.80. The molecular weight excluding hydrogens is 360 g/mol. The third-order valence-corrected chi connectivity index (χ3v) is 3.98. The Morgan fingerprint density at radius 3 is 2.52 bits per heavy atom. The summed E-state index contributed by atoms with van der Waals surface area (Å²) < 4.78 is 11.2. The maximum absolute atomic E-state index is 11.7. The van der Waals surface area contributed by atoms with Gasteiger partial charge in [0.05, 0.1) is 7.11 Å². The monoisotopic (exact) mass is 374 g/mol. The fourth-order valence-electron chi connectivity index (χ4n) is 2.28. The Balaban J connectivity index is 1.75. The van der Waals surface area contributed by atoms with E-state index < -0.39 is 0 Å².